The highest BCUT2D eigenvalue weighted by Gasteiger charge is 2.38. The van der Waals surface area contributed by atoms with E-state index in [0.29, 0.717) is 17.3 Å². The molecule has 3 N–H and O–H groups in total. The van der Waals surface area contributed by atoms with Crippen LogP contribution in [0.15, 0.2) is 16.3 Å². The second kappa shape index (κ2) is 4.10. The average Bonchev–Trinajstić information content (AvgIpc) is 2.81. The fourth-order valence-electron chi connectivity index (χ4n) is 1.34. The van der Waals surface area contributed by atoms with E-state index in [0.717, 1.165) is 17.7 Å². The average molecular weight is 260 g/mol. The summed E-state index contributed by atoms with van der Waals surface area (Å²) in [6.45, 7) is 3.01. The molecule has 90 valence electrons. The molecule has 0 radical (unpaired) electrons. The van der Waals surface area contributed by atoms with E-state index in [-0.39, 0.29) is 5.41 Å². The molecule has 0 saturated heterocycles. The summed E-state index contributed by atoms with van der Waals surface area (Å²) in [5.74, 6) is 0. The van der Waals surface area contributed by atoms with Crippen molar-refractivity contribution in [2.75, 3.05) is 6.54 Å². The third-order valence-corrected chi connectivity index (χ3v) is 5.90. The highest BCUT2D eigenvalue weighted by Crippen LogP contribution is 2.44. The van der Waals surface area contributed by atoms with Crippen LogP contribution < -0.4 is 10.5 Å². The Kier molecular flexibility index (Phi) is 3.09. The molecule has 1 aromatic heterocycles. The van der Waals surface area contributed by atoms with Crippen LogP contribution in [0.1, 0.15) is 24.6 Å². The van der Waals surface area contributed by atoms with Gasteiger partial charge in [0.1, 0.15) is 4.21 Å². The molecule has 0 aromatic carbocycles. The highest BCUT2D eigenvalue weighted by atomic mass is 32.2. The summed E-state index contributed by atoms with van der Waals surface area (Å²) in [6, 6.07) is 3.38. The van der Waals surface area contributed by atoms with Crippen molar-refractivity contribution >= 4 is 21.4 Å². The van der Waals surface area contributed by atoms with Gasteiger partial charge in [0.25, 0.3) is 0 Å². The molecule has 0 spiro atoms. The summed E-state index contributed by atoms with van der Waals surface area (Å²) >= 11 is 1.24. The molecule has 0 amide bonds. The van der Waals surface area contributed by atoms with Gasteiger partial charge in [-0.05, 0) is 30.4 Å². The van der Waals surface area contributed by atoms with E-state index in [4.69, 9.17) is 5.73 Å². The SMILES string of the molecule is CC1(CNS(=O)(=O)c2ccc(CN)s2)CC1. The van der Waals surface area contributed by atoms with E-state index in [1.807, 2.05) is 0 Å². The van der Waals surface area contributed by atoms with E-state index in [9.17, 15) is 8.42 Å². The summed E-state index contributed by atoms with van der Waals surface area (Å²) < 4.78 is 26.8. The van der Waals surface area contributed by atoms with Crippen molar-refractivity contribution in [3.8, 4) is 0 Å². The van der Waals surface area contributed by atoms with Crippen LogP contribution in [0.5, 0.6) is 0 Å². The second-order valence-electron chi connectivity index (χ2n) is 4.56. The molecule has 1 fully saturated rings. The van der Waals surface area contributed by atoms with Crippen molar-refractivity contribution in [2.45, 2.75) is 30.5 Å². The summed E-state index contributed by atoms with van der Waals surface area (Å²) in [5.41, 5.74) is 5.64. The molecule has 1 heterocycles. The third-order valence-electron chi connectivity index (χ3n) is 2.90. The molecule has 1 aliphatic carbocycles. The predicted octanol–water partition coefficient (Wildman–Crippen LogP) is 1.29. The monoisotopic (exact) mass is 260 g/mol. The van der Waals surface area contributed by atoms with Crippen molar-refractivity contribution in [1.82, 2.24) is 4.72 Å². The van der Waals surface area contributed by atoms with Crippen LogP contribution in [-0.4, -0.2) is 15.0 Å². The lowest BCUT2D eigenvalue weighted by Crippen LogP contribution is -2.28. The number of rotatable bonds is 5. The van der Waals surface area contributed by atoms with Gasteiger partial charge in [-0.1, -0.05) is 6.92 Å². The maximum Gasteiger partial charge on any atom is 0.250 e. The summed E-state index contributed by atoms with van der Waals surface area (Å²) in [5, 5.41) is 0. The van der Waals surface area contributed by atoms with E-state index < -0.39 is 10.0 Å². The maximum absolute atomic E-state index is 11.9. The van der Waals surface area contributed by atoms with Gasteiger partial charge in [-0.2, -0.15) is 0 Å². The lowest BCUT2D eigenvalue weighted by Gasteiger charge is -2.09. The van der Waals surface area contributed by atoms with Gasteiger partial charge in [0.05, 0.1) is 0 Å². The molecule has 1 aliphatic rings. The summed E-state index contributed by atoms with van der Waals surface area (Å²) in [6.07, 6.45) is 2.21. The molecule has 1 saturated carbocycles. The molecule has 0 atom stereocenters. The van der Waals surface area contributed by atoms with E-state index in [2.05, 4.69) is 11.6 Å². The first-order valence-electron chi connectivity index (χ1n) is 5.24. The van der Waals surface area contributed by atoms with E-state index in [1.165, 1.54) is 11.3 Å². The number of nitrogens with one attached hydrogen (secondary N) is 1. The van der Waals surface area contributed by atoms with Gasteiger partial charge in [-0.15, -0.1) is 11.3 Å². The second-order valence-corrected chi connectivity index (χ2v) is 7.72. The molecule has 4 nitrogen and oxygen atoms in total. The Hall–Kier alpha value is -0.430. The molecule has 0 unspecified atom stereocenters. The molecule has 0 bridgehead atoms. The number of nitrogens with two attached hydrogens (primary N) is 1. The van der Waals surface area contributed by atoms with Crippen LogP contribution >= 0.6 is 11.3 Å². The molecule has 2 rings (SSSR count). The zero-order valence-corrected chi connectivity index (χ0v) is 10.8. The van der Waals surface area contributed by atoms with Crippen molar-refractivity contribution in [3.05, 3.63) is 17.0 Å². The Morgan fingerprint density at radius 2 is 2.19 bits per heavy atom. The standard InChI is InChI=1S/C10H16N2O2S2/c1-10(4-5-10)7-12-16(13,14)9-3-2-8(6-11)15-9/h2-3,12H,4-7,11H2,1H3. The van der Waals surface area contributed by atoms with Crippen molar-refractivity contribution in [3.63, 3.8) is 0 Å². The predicted molar refractivity (Wildman–Crippen MR) is 64.7 cm³/mol. The normalized spacial score (nSPS) is 18.6. The zero-order chi connectivity index (χ0) is 11.8. The Labute approximate surface area is 99.9 Å². The largest absolute Gasteiger partial charge is 0.326 e. The van der Waals surface area contributed by atoms with Crippen LogP contribution in [0.4, 0.5) is 0 Å². The molecule has 1 aromatic rings. The fraction of sp³-hybridized carbons (Fsp3) is 0.600. The lowest BCUT2D eigenvalue weighted by molar-refractivity contribution is 0.531. The van der Waals surface area contributed by atoms with Gasteiger partial charge < -0.3 is 5.73 Å². The molecule has 6 heteroatoms. The number of sulfonamides is 1. The first-order valence-corrected chi connectivity index (χ1v) is 7.54. The lowest BCUT2D eigenvalue weighted by atomic mass is 10.2. The minimum atomic E-state index is -3.33. The van der Waals surface area contributed by atoms with Crippen LogP contribution in [0.2, 0.25) is 0 Å². The van der Waals surface area contributed by atoms with Crippen LogP contribution in [0, 0.1) is 5.41 Å². The van der Waals surface area contributed by atoms with Crippen molar-refractivity contribution in [1.29, 1.82) is 0 Å². The number of hydrogen-bond donors (Lipinski definition) is 2. The van der Waals surface area contributed by atoms with Gasteiger partial charge in [-0.25, -0.2) is 13.1 Å². The van der Waals surface area contributed by atoms with Gasteiger partial charge in [0.15, 0.2) is 0 Å². The molecular formula is C10H16N2O2S2. The fourth-order valence-corrected chi connectivity index (χ4v) is 3.82. The van der Waals surface area contributed by atoms with Crippen molar-refractivity contribution < 1.29 is 8.42 Å². The maximum atomic E-state index is 11.9. The third kappa shape index (κ3) is 2.63. The Morgan fingerprint density at radius 3 is 2.69 bits per heavy atom. The Morgan fingerprint density at radius 1 is 1.50 bits per heavy atom. The summed E-state index contributed by atoms with van der Waals surface area (Å²) in [7, 11) is -3.33. The number of hydrogen-bond acceptors (Lipinski definition) is 4. The minimum Gasteiger partial charge on any atom is -0.326 e. The molecular weight excluding hydrogens is 244 g/mol. The summed E-state index contributed by atoms with van der Waals surface area (Å²) in [4.78, 5) is 0.887. The first-order chi connectivity index (χ1) is 7.45. The topological polar surface area (TPSA) is 72.2 Å². The van der Waals surface area contributed by atoms with Crippen LogP contribution in [0.25, 0.3) is 0 Å². The Bertz CT molecular complexity index is 475. The van der Waals surface area contributed by atoms with Crippen molar-refractivity contribution in [2.24, 2.45) is 11.1 Å². The van der Waals surface area contributed by atoms with Crippen LogP contribution in [0.3, 0.4) is 0 Å². The van der Waals surface area contributed by atoms with Gasteiger partial charge in [0, 0.05) is 18.0 Å². The van der Waals surface area contributed by atoms with E-state index in [1.54, 1.807) is 12.1 Å². The van der Waals surface area contributed by atoms with E-state index >= 15 is 0 Å². The number of thiophene rings is 1. The van der Waals surface area contributed by atoms with Gasteiger partial charge >= 0.3 is 0 Å². The smallest absolute Gasteiger partial charge is 0.250 e. The minimum absolute atomic E-state index is 0.182. The van der Waals surface area contributed by atoms with Gasteiger partial charge in [-0.3, -0.25) is 0 Å². The Balaban J connectivity index is 2.06. The molecule has 16 heavy (non-hydrogen) atoms. The molecule has 0 aliphatic heterocycles. The first kappa shape index (κ1) is 12.0. The highest BCUT2D eigenvalue weighted by molar-refractivity contribution is 7.91. The van der Waals surface area contributed by atoms with Crippen LogP contribution in [-0.2, 0) is 16.6 Å². The zero-order valence-electron chi connectivity index (χ0n) is 9.19. The quantitative estimate of drug-likeness (QED) is 0.838. The van der Waals surface area contributed by atoms with Gasteiger partial charge in [0.2, 0.25) is 10.0 Å².